The molecule has 0 rings (SSSR count). The van der Waals surface area contributed by atoms with Gasteiger partial charge >= 0.3 is 5.97 Å². The van der Waals surface area contributed by atoms with Crippen LogP contribution in [0.1, 0.15) is 41.0 Å². The van der Waals surface area contributed by atoms with Crippen molar-refractivity contribution in [1.29, 1.82) is 0 Å². The predicted molar refractivity (Wildman–Crippen MR) is 71.1 cm³/mol. The summed E-state index contributed by atoms with van der Waals surface area (Å²) in [6.07, 6.45) is 0.759. The Labute approximate surface area is 106 Å². The number of carbonyl (C=O) groups is 1. The van der Waals surface area contributed by atoms with Crippen molar-refractivity contribution < 1.29 is 9.53 Å². The van der Waals surface area contributed by atoms with Gasteiger partial charge in [-0.3, -0.25) is 4.79 Å². The number of hydrogen-bond donors (Lipinski definition) is 1. The van der Waals surface area contributed by atoms with Crippen LogP contribution in [0.4, 0.5) is 0 Å². The summed E-state index contributed by atoms with van der Waals surface area (Å²) >= 11 is 0. The summed E-state index contributed by atoms with van der Waals surface area (Å²) in [5, 5.41) is 3.24. The van der Waals surface area contributed by atoms with Crippen LogP contribution in [0.2, 0.25) is 0 Å². The highest BCUT2D eigenvalue weighted by Crippen LogP contribution is 2.18. The van der Waals surface area contributed by atoms with Gasteiger partial charge in [-0.15, -0.1) is 0 Å². The highest BCUT2D eigenvalue weighted by molar-refractivity contribution is 5.80. The number of esters is 1. The molecule has 4 nitrogen and oxygen atoms in total. The standard InChI is InChI=1S/C13H28N2O2/c1-7-14-13(5,12(16)17-6)10-11(4)15(8-2)9-3/h11,14H,7-10H2,1-6H3. The fourth-order valence-corrected chi connectivity index (χ4v) is 2.41. The summed E-state index contributed by atoms with van der Waals surface area (Å²) < 4.78 is 4.90. The second kappa shape index (κ2) is 7.67. The fraction of sp³-hybridized carbons (Fsp3) is 0.923. The molecule has 0 aromatic rings. The molecule has 102 valence electrons. The first-order valence-electron chi connectivity index (χ1n) is 6.52. The van der Waals surface area contributed by atoms with Crippen LogP contribution >= 0.6 is 0 Å². The first kappa shape index (κ1) is 16.4. The summed E-state index contributed by atoms with van der Waals surface area (Å²) in [5.74, 6) is -0.182. The van der Waals surface area contributed by atoms with Crippen molar-refractivity contribution in [2.24, 2.45) is 0 Å². The predicted octanol–water partition coefficient (Wildman–Crippen LogP) is 1.65. The van der Waals surface area contributed by atoms with Gasteiger partial charge in [0.05, 0.1) is 7.11 Å². The Kier molecular flexibility index (Phi) is 7.39. The van der Waals surface area contributed by atoms with Crippen LogP contribution in [0.5, 0.6) is 0 Å². The maximum absolute atomic E-state index is 11.9. The van der Waals surface area contributed by atoms with Gasteiger partial charge in [0, 0.05) is 6.04 Å². The van der Waals surface area contributed by atoms with Crippen LogP contribution in [0.25, 0.3) is 0 Å². The molecule has 2 unspecified atom stereocenters. The molecule has 0 aromatic carbocycles. The fourth-order valence-electron chi connectivity index (χ4n) is 2.41. The lowest BCUT2D eigenvalue weighted by Crippen LogP contribution is -2.54. The van der Waals surface area contributed by atoms with Crippen molar-refractivity contribution in [2.45, 2.75) is 52.6 Å². The lowest BCUT2D eigenvalue weighted by molar-refractivity contribution is -0.148. The largest absolute Gasteiger partial charge is 0.468 e. The van der Waals surface area contributed by atoms with Gasteiger partial charge in [0.25, 0.3) is 0 Å². The van der Waals surface area contributed by atoms with E-state index >= 15 is 0 Å². The maximum Gasteiger partial charge on any atom is 0.325 e. The number of nitrogens with zero attached hydrogens (tertiary/aromatic N) is 1. The molecule has 4 heteroatoms. The molecule has 0 saturated carbocycles. The smallest absolute Gasteiger partial charge is 0.325 e. The Morgan fingerprint density at radius 2 is 1.88 bits per heavy atom. The van der Waals surface area contributed by atoms with Crippen LogP contribution in [0, 0.1) is 0 Å². The maximum atomic E-state index is 11.9. The first-order chi connectivity index (χ1) is 7.95. The van der Waals surface area contributed by atoms with Crippen LogP contribution in [-0.4, -0.2) is 49.2 Å². The average Bonchev–Trinajstić information content (AvgIpc) is 2.29. The monoisotopic (exact) mass is 244 g/mol. The molecule has 0 saturated heterocycles. The van der Waals surface area contributed by atoms with Gasteiger partial charge in [-0.05, 0) is 39.9 Å². The van der Waals surface area contributed by atoms with Gasteiger partial charge in [0.15, 0.2) is 0 Å². The number of ether oxygens (including phenoxy) is 1. The molecule has 0 aliphatic heterocycles. The minimum Gasteiger partial charge on any atom is -0.468 e. The minimum atomic E-state index is -0.592. The molecule has 17 heavy (non-hydrogen) atoms. The Hall–Kier alpha value is -0.610. The quantitative estimate of drug-likeness (QED) is 0.659. The number of nitrogens with one attached hydrogen (secondary N) is 1. The van der Waals surface area contributed by atoms with Crippen molar-refractivity contribution in [2.75, 3.05) is 26.7 Å². The molecule has 2 atom stereocenters. The molecule has 0 aliphatic carbocycles. The molecule has 0 radical (unpaired) electrons. The van der Waals surface area contributed by atoms with E-state index in [4.69, 9.17) is 4.74 Å². The number of methoxy groups -OCH3 is 1. The number of carbonyl (C=O) groups excluding carboxylic acids is 1. The van der Waals surface area contributed by atoms with E-state index in [1.807, 2.05) is 13.8 Å². The molecule has 0 spiro atoms. The Morgan fingerprint density at radius 3 is 2.24 bits per heavy atom. The molecule has 0 amide bonds. The van der Waals surface area contributed by atoms with Gasteiger partial charge in [-0.25, -0.2) is 0 Å². The van der Waals surface area contributed by atoms with Crippen LogP contribution in [0.15, 0.2) is 0 Å². The van der Waals surface area contributed by atoms with Crippen LogP contribution < -0.4 is 5.32 Å². The molecule has 0 fully saturated rings. The third-order valence-corrected chi connectivity index (χ3v) is 3.34. The second-order valence-corrected chi connectivity index (χ2v) is 4.63. The average molecular weight is 244 g/mol. The van der Waals surface area contributed by atoms with E-state index < -0.39 is 5.54 Å². The van der Waals surface area contributed by atoms with E-state index in [-0.39, 0.29) is 5.97 Å². The normalized spacial score (nSPS) is 16.6. The third kappa shape index (κ3) is 4.64. The molecule has 0 bridgehead atoms. The summed E-state index contributed by atoms with van der Waals surface area (Å²) in [5.41, 5.74) is -0.592. The van der Waals surface area contributed by atoms with Crippen LogP contribution in [-0.2, 0) is 9.53 Å². The Balaban J connectivity index is 4.68. The lowest BCUT2D eigenvalue weighted by atomic mass is 9.92. The molecule has 0 aliphatic rings. The summed E-state index contributed by atoms with van der Waals surface area (Å²) in [6, 6.07) is 0.355. The zero-order valence-electron chi connectivity index (χ0n) is 12.2. The highest BCUT2D eigenvalue weighted by Gasteiger charge is 2.35. The minimum absolute atomic E-state index is 0.182. The summed E-state index contributed by atoms with van der Waals surface area (Å²) in [6.45, 7) is 13.1. The number of hydrogen-bond acceptors (Lipinski definition) is 4. The number of rotatable bonds is 8. The second-order valence-electron chi connectivity index (χ2n) is 4.63. The number of likely N-dealkylation sites (N-methyl/N-ethyl adjacent to an activating group) is 1. The molecule has 1 N–H and O–H groups in total. The van der Waals surface area contributed by atoms with Crippen molar-refractivity contribution >= 4 is 5.97 Å². The topological polar surface area (TPSA) is 41.6 Å². The highest BCUT2D eigenvalue weighted by atomic mass is 16.5. The SMILES string of the molecule is CCNC(C)(CC(C)N(CC)CC)C(=O)OC. The summed E-state index contributed by atoms with van der Waals surface area (Å²) in [7, 11) is 1.44. The zero-order valence-corrected chi connectivity index (χ0v) is 12.2. The van der Waals surface area contributed by atoms with Crippen molar-refractivity contribution in [3.05, 3.63) is 0 Å². The zero-order chi connectivity index (χ0) is 13.5. The van der Waals surface area contributed by atoms with E-state index in [1.165, 1.54) is 7.11 Å². The summed E-state index contributed by atoms with van der Waals surface area (Å²) in [4.78, 5) is 14.2. The molecule has 0 aromatic heterocycles. The molecular formula is C13H28N2O2. The van der Waals surface area contributed by atoms with Gasteiger partial charge in [0.2, 0.25) is 0 Å². The van der Waals surface area contributed by atoms with Crippen molar-refractivity contribution in [3.8, 4) is 0 Å². The van der Waals surface area contributed by atoms with Gasteiger partial charge < -0.3 is 15.0 Å². The first-order valence-corrected chi connectivity index (χ1v) is 6.52. The van der Waals surface area contributed by atoms with E-state index in [0.717, 1.165) is 26.1 Å². The van der Waals surface area contributed by atoms with E-state index in [2.05, 4.69) is 31.0 Å². The lowest BCUT2D eigenvalue weighted by Gasteiger charge is -2.35. The third-order valence-electron chi connectivity index (χ3n) is 3.34. The van der Waals surface area contributed by atoms with Gasteiger partial charge in [0.1, 0.15) is 5.54 Å². The van der Waals surface area contributed by atoms with Gasteiger partial charge in [-0.2, -0.15) is 0 Å². The van der Waals surface area contributed by atoms with E-state index in [1.54, 1.807) is 0 Å². The van der Waals surface area contributed by atoms with E-state index in [9.17, 15) is 4.79 Å². The molecular weight excluding hydrogens is 216 g/mol. The Bertz CT molecular complexity index is 229. The van der Waals surface area contributed by atoms with E-state index in [0.29, 0.717) is 6.04 Å². The van der Waals surface area contributed by atoms with Crippen molar-refractivity contribution in [1.82, 2.24) is 10.2 Å². The van der Waals surface area contributed by atoms with Crippen molar-refractivity contribution in [3.63, 3.8) is 0 Å². The van der Waals surface area contributed by atoms with Crippen LogP contribution in [0.3, 0.4) is 0 Å². The Morgan fingerprint density at radius 1 is 1.35 bits per heavy atom. The van der Waals surface area contributed by atoms with Gasteiger partial charge in [-0.1, -0.05) is 20.8 Å². The molecule has 0 heterocycles.